The van der Waals surface area contributed by atoms with Crippen molar-refractivity contribution >= 4 is 54.8 Å². The zero-order valence-electron chi connectivity index (χ0n) is 7.72. The van der Waals surface area contributed by atoms with Crippen LogP contribution in [0.1, 0.15) is 6.92 Å². The number of sulfonamides is 1. The van der Waals surface area contributed by atoms with E-state index in [0.29, 0.717) is 4.47 Å². The molecule has 3 nitrogen and oxygen atoms in total. The maximum atomic E-state index is 11.3. The predicted octanol–water partition coefficient (Wildman–Crippen LogP) is 3.52. The van der Waals surface area contributed by atoms with E-state index in [0.717, 1.165) is 0 Å². The van der Waals surface area contributed by atoms with E-state index in [4.69, 9.17) is 23.2 Å². The molecule has 0 unspecified atom stereocenters. The van der Waals surface area contributed by atoms with Crippen molar-refractivity contribution in [2.75, 3.05) is 10.5 Å². The van der Waals surface area contributed by atoms with E-state index in [2.05, 4.69) is 20.7 Å². The summed E-state index contributed by atoms with van der Waals surface area (Å²) in [6, 6.07) is 3.17. The maximum absolute atomic E-state index is 11.3. The van der Waals surface area contributed by atoms with Gasteiger partial charge in [-0.25, -0.2) is 8.42 Å². The molecule has 0 fully saturated rings. The number of benzene rings is 1. The average molecular weight is 333 g/mol. The summed E-state index contributed by atoms with van der Waals surface area (Å²) in [5.74, 6) is -0.0169. The van der Waals surface area contributed by atoms with E-state index < -0.39 is 10.0 Å². The molecule has 84 valence electrons. The zero-order chi connectivity index (χ0) is 11.6. The van der Waals surface area contributed by atoms with Crippen LogP contribution in [0.2, 0.25) is 10.0 Å². The van der Waals surface area contributed by atoms with Gasteiger partial charge in [0.1, 0.15) is 0 Å². The lowest BCUT2D eigenvalue weighted by Gasteiger charge is -2.09. The lowest BCUT2D eigenvalue weighted by atomic mass is 10.3. The van der Waals surface area contributed by atoms with E-state index in [1.807, 2.05) is 0 Å². The van der Waals surface area contributed by atoms with Crippen molar-refractivity contribution in [1.29, 1.82) is 0 Å². The van der Waals surface area contributed by atoms with Gasteiger partial charge in [0.25, 0.3) is 0 Å². The molecule has 0 saturated heterocycles. The molecule has 1 aromatic carbocycles. The van der Waals surface area contributed by atoms with Crippen LogP contribution in [-0.2, 0) is 10.0 Å². The zero-order valence-corrected chi connectivity index (χ0v) is 11.6. The molecule has 1 N–H and O–H groups in total. The number of nitrogens with one attached hydrogen (secondary N) is 1. The molecule has 1 rings (SSSR count). The van der Waals surface area contributed by atoms with Crippen LogP contribution in [0, 0.1) is 0 Å². The van der Waals surface area contributed by atoms with Gasteiger partial charge in [-0.15, -0.1) is 0 Å². The van der Waals surface area contributed by atoms with Crippen LogP contribution < -0.4 is 4.72 Å². The fraction of sp³-hybridized carbons (Fsp3) is 0.250. The summed E-state index contributed by atoms with van der Waals surface area (Å²) < 4.78 is 25.5. The Morgan fingerprint density at radius 1 is 1.33 bits per heavy atom. The fourth-order valence-corrected chi connectivity index (χ4v) is 2.37. The summed E-state index contributed by atoms with van der Waals surface area (Å²) in [5, 5.41) is 0.469. The lowest BCUT2D eigenvalue weighted by molar-refractivity contribution is 0.602. The summed E-state index contributed by atoms with van der Waals surface area (Å²) in [5.41, 5.74) is 0.284. The van der Waals surface area contributed by atoms with Crippen molar-refractivity contribution in [3.05, 3.63) is 26.7 Å². The largest absolute Gasteiger partial charge is 0.282 e. The van der Waals surface area contributed by atoms with Gasteiger partial charge in [0.15, 0.2) is 0 Å². The van der Waals surface area contributed by atoms with Crippen LogP contribution in [-0.4, -0.2) is 14.2 Å². The Morgan fingerprint density at radius 3 is 2.47 bits per heavy atom. The Labute approximate surface area is 107 Å². The minimum Gasteiger partial charge on any atom is -0.282 e. The van der Waals surface area contributed by atoms with Gasteiger partial charge in [0.05, 0.1) is 21.5 Å². The molecule has 0 radical (unpaired) electrons. The van der Waals surface area contributed by atoms with Gasteiger partial charge in [-0.05, 0) is 35.0 Å². The molecule has 0 bridgehead atoms. The molecule has 0 spiro atoms. The average Bonchev–Trinajstić information content (AvgIpc) is 2.19. The van der Waals surface area contributed by atoms with Crippen LogP contribution in [0.4, 0.5) is 5.69 Å². The highest BCUT2D eigenvalue weighted by atomic mass is 79.9. The summed E-state index contributed by atoms with van der Waals surface area (Å²) >= 11 is 14.9. The summed E-state index contributed by atoms with van der Waals surface area (Å²) in [4.78, 5) is 0. The first kappa shape index (κ1) is 13.1. The first-order chi connectivity index (χ1) is 6.87. The first-order valence-electron chi connectivity index (χ1n) is 4.01. The number of rotatable bonds is 3. The number of hydrogen-bond donors (Lipinski definition) is 1. The quantitative estimate of drug-likeness (QED) is 0.861. The normalized spacial score (nSPS) is 11.5. The molecular formula is C8H8BrCl2NO2S. The monoisotopic (exact) mass is 331 g/mol. The standard InChI is InChI=1S/C8H8BrCl2NO2S/c1-2-15(13,14)12-6-4-3-5(9)7(10)8(6)11/h3-4,12H,2H2,1H3. The molecule has 0 aliphatic heterocycles. The summed E-state index contributed by atoms with van der Waals surface area (Å²) in [6.07, 6.45) is 0. The van der Waals surface area contributed by atoms with Crippen LogP contribution in [0.15, 0.2) is 16.6 Å². The Morgan fingerprint density at radius 2 is 1.93 bits per heavy atom. The molecule has 0 aromatic heterocycles. The Bertz CT molecular complexity index is 476. The smallest absolute Gasteiger partial charge is 0.232 e. The number of halogens is 3. The highest BCUT2D eigenvalue weighted by molar-refractivity contribution is 9.10. The third-order valence-corrected chi connectivity index (χ3v) is 4.74. The van der Waals surface area contributed by atoms with E-state index in [1.165, 1.54) is 6.92 Å². The Hall–Kier alpha value is 0.0300. The van der Waals surface area contributed by atoms with Crippen LogP contribution >= 0.6 is 39.1 Å². The second-order valence-corrected chi connectivity index (χ2v) is 6.35. The Balaban J connectivity index is 3.13. The molecule has 1 aromatic rings. The fourth-order valence-electron chi connectivity index (χ4n) is 0.844. The van der Waals surface area contributed by atoms with Gasteiger partial charge in [-0.2, -0.15) is 0 Å². The van der Waals surface area contributed by atoms with Crippen LogP contribution in [0.25, 0.3) is 0 Å². The molecule has 0 aliphatic rings. The van der Waals surface area contributed by atoms with E-state index in [-0.39, 0.29) is 21.5 Å². The minimum atomic E-state index is -3.33. The van der Waals surface area contributed by atoms with Crippen molar-refractivity contribution in [3.8, 4) is 0 Å². The van der Waals surface area contributed by atoms with Crippen molar-refractivity contribution in [2.45, 2.75) is 6.92 Å². The topological polar surface area (TPSA) is 46.2 Å². The van der Waals surface area contributed by atoms with Crippen LogP contribution in [0.5, 0.6) is 0 Å². The molecule has 0 atom stereocenters. The predicted molar refractivity (Wildman–Crippen MR) is 67.2 cm³/mol. The molecule has 7 heteroatoms. The van der Waals surface area contributed by atoms with Gasteiger partial charge in [-0.1, -0.05) is 23.2 Å². The Kier molecular flexibility index (Phi) is 4.29. The van der Waals surface area contributed by atoms with Gasteiger partial charge in [-0.3, -0.25) is 4.72 Å². The maximum Gasteiger partial charge on any atom is 0.232 e. The second kappa shape index (κ2) is 4.91. The second-order valence-electron chi connectivity index (χ2n) is 2.73. The summed E-state index contributed by atoms with van der Waals surface area (Å²) in [7, 11) is -3.33. The highest BCUT2D eigenvalue weighted by Crippen LogP contribution is 2.36. The summed E-state index contributed by atoms with van der Waals surface area (Å²) in [6.45, 7) is 1.54. The number of hydrogen-bond acceptors (Lipinski definition) is 2. The highest BCUT2D eigenvalue weighted by Gasteiger charge is 2.13. The SMILES string of the molecule is CCS(=O)(=O)Nc1ccc(Br)c(Cl)c1Cl. The molecule has 0 heterocycles. The van der Waals surface area contributed by atoms with Gasteiger partial charge in [0.2, 0.25) is 10.0 Å². The van der Waals surface area contributed by atoms with Gasteiger partial charge < -0.3 is 0 Å². The van der Waals surface area contributed by atoms with Crippen molar-refractivity contribution in [2.24, 2.45) is 0 Å². The van der Waals surface area contributed by atoms with Crippen LogP contribution in [0.3, 0.4) is 0 Å². The van der Waals surface area contributed by atoms with Gasteiger partial charge >= 0.3 is 0 Å². The molecule has 0 aliphatic carbocycles. The third kappa shape index (κ3) is 3.24. The van der Waals surface area contributed by atoms with E-state index in [1.54, 1.807) is 12.1 Å². The third-order valence-electron chi connectivity index (χ3n) is 1.68. The van der Waals surface area contributed by atoms with Crippen molar-refractivity contribution in [3.63, 3.8) is 0 Å². The first-order valence-corrected chi connectivity index (χ1v) is 7.21. The molecule has 0 amide bonds. The molecular weight excluding hydrogens is 325 g/mol. The van der Waals surface area contributed by atoms with E-state index in [9.17, 15) is 8.42 Å². The lowest BCUT2D eigenvalue weighted by Crippen LogP contribution is -2.14. The molecule has 0 saturated carbocycles. The molecule has 15 heavy (non-hydrogen) atoms. The van der Waals surface area contributed by atoms with Crippen molar-refractivity contribution in [1.82, 2.24) is 0 Å². The minimum absolute atomic E-state index is 0.0169. The van der Waals surface area contributed by atoms with E-state index >= 15 is 0 Å². The number of anilines is 1. The van der Waals surface area contributed by atoms with Crippen molar-refractivity contribution < 1.29 is 8.42 Å². The van der Waals surface area contributed by atoms with Gasteiger partial charge in [0, 0.05) is 4.47 Å².